The van der Waals surface area contributed by atoms with Crippen molar-refractivity contribution in [2.75, 3.05) is 13.1 Å². The molecule has 2 fully saturated rings. The summed E-state index contributed by atoms with van der Waals surface area (Å²) in [7, 11) is 0. The van der Waals surface area contributed by atoms with Crippen LogP contribution < -0.4 is 10.6 Å². The van der Waals surface area contributed by atoms with Gasteiger partial charge in [-0.25, -0.2) is 0 Å². The predicted octanol–water partition coefficient (Wildman–Crippen LogP) is 0.570. The Morgan fingerprint density at radius 1 is 1.25 bits per heavy atom. The molecule has 1 aromatic rings. The number of nitrogens with zero attached hydrogens (tertiary/aromatic N) is 1. The number of hydrogen-bond donors (Lipinski definition) is 2. The Balaban J connectivity index is 2.02. The largest absolute Gasteiger partial charge is 0.338 e. The Labute approximate surface area is 118 Å². The minimum absolute atomic E-state index is 0.0229. The number of hydrogen-bond acceptors (Lipinski definition) is 3. The van der Waals surface area contributed by atoms with Crippen molar-refractivity contribution in [1.29, 1.82) is 0 Å². The van der Waals surface area contributed by atoms with Gasteiger partial charge in [0.05, 0.1) is 12.6 Å². The molecule has 2 amide bonds. The molecule has 2 heterocycles. The van der Waals surface area contributed by atoms with Crippen LogP contribution in [0.2, 0.25) is 0 Å². The second kappa shape index (κ2) is 5.25. The molecule has 5 heteroatoms. The Hall–Kier alpha value is -1.88. The molecule has 0 aliphatic carbocycles. The van der Waals surface area contributed by atoms with Crippen LogP contribution in [0.15, 0.2) is 30.3 Å². The van der Waals surface area contributed by atoms with E-state index in [-0.39, 0.29) is 18.5 Å². The zero-order chi connectivity index (χ0) is 14.0. The van der Waals surface area contributed by atoms with Gasteiger partial charge in [-0.05, 0) is 24.8 Å². The van der Waals surface area contributed by atoms with Gasteiger partial charge in [0, 0.05) is 6.54 Å². The van der Waals surface area contributed by atoms with Gasteiger partial charge in [-0.2, -0.15) is 0 Å². The number of likely N-dealkylation sites (tertiary alicyclic amines) is 1. The third-order valence-corrected chi connectivity index (χ3v) is 4.27. The van der Waals surface area contributed by atoms with Gasteiger partial charge in [0.25, 0.3) is 0 Å². The lowest BCUT2D eigenvalue weighted by Crippen LogP contribution is -2.62. The highest BCUT2D eigenvalue weighted by Gasteiger charge is 2.48. The van der Waals surface area contributed by atoms with Gasteiger partial charge in [0.1, 0.15) is 5.66 Å². The minimum atomic E-state index is -0.653. The summed E-state index contributed by atoms with van der Waals surface area (Å²) in [5, 5.41) is 6.38. The first-order valence-corrected chi connectivity index (χ1v) is 7.09. The lowest BCUT2D eigenvalue weighted by Gasteiger charge is -2.45. The number of amides is 2. The van der Waals surface area contributed by atoms with E-state index in [4.69, 9.17) is 0 Å². The van der Waals surface area contributed by atoms with Gasteiger partial charge in [0.2, 0.25) is 12.3 Å². The van der Waals surface area contributed by atoms with Crippen LogP contribution in [0.25, 0.3) is 0 Å². The van der Waals surface area contributed by atoms with Crippen LogP contribution in [0, 0.1) is 0 Å². The standard InChI is InChI=1S/C15H19N3O2/c19-11-18-9-5-4-8-13(18)15(16-10-14(20)17-15)12-6-2-1-3-7-12/h1-3,6-7,11,13,16H,4-5,8-10H2,(H,17,20). The summed E-state index contributed by atoms with van der Waals surface area (Å²) in [6, 6.07) is 9.82. The highest BCUT2D eigenvalue weighted by atomic mass is 16.2. The van der Waals surface area contributed by atoms with Crippen molar-refractivity contribution in [2.24, 2.45) is 0 Å². The van der Waals surface area contributed by atoms with Crippen LogP contribution in [0.3, 0.4) is 0 Å². The lowest BCUT2D eigenvalue weighted by molar-refractivity contribution is -0.126. The molecule has 0 spiro atoms. The molecule has 2 N–H and O–H groups in total. The number of carbonyl (C=O) groups is 2. The summed E-state index contributed by atoms with van der Waals surface area (Å²) >= 11 is 0. The van der Waals surface area contributed by atoms with E-state index >= 15 is 0 Å². The van der Waals surface area contributed by atoms with Crippen LogP contribution in [-0.4, -0.2) is 36.3 Å². The summed E-state index contributed by atoms with van der Waals surface area (Å²) in [5.41, 5.74) is 0.351. The summed E-state index contributed by atoms with van der Waals surface area (Å²) in [6.07, 6.45) is 3.89. The van der Waals surface area contributed by atoms with Gasteiger partial charge < -0.3 is 10.2 Å². The van der Waals surface area contributed by atoms with E-state index in [1.165, 1.54) is 0 Å². The van der Waals surface area contributed by atoms with Gasteiger partial charge >= 0.3 is 0 Å². The minimum Gasteiger partial charge on any atom is -0.338 e. The fourth-order valence-electron chi connectivity index (χ4n) is 3.34. The first kappa shape index (κ1) is 13.1. The zero-order valence-electron chi connectivity index (χ0n) is 11.3. The Kier molecular flexibility index (Phi) is 3.44. The maximum Gasteiger partial charge on any atom is 0.235 e. The van der Waals surface area contributed by atoms with E-state index in [0.717, 1.165) is 37.8 Å². The highest BCUT2D eigenvalue weighted by Crippen LogP contribution is 2.33. The van der Waals surface area contributed by atoms with E-state index in [9.17, 15) is 9.59 Å². The van der Waals surface area contributed by atoms with Crippen LogP contribution in [0.5, 0.6) is 0 Å². The van der Waals surface area contributed by atoms with Crippen molar-refractivity contribution < 1.29 is 9.59 Å². The van der Waals surface area contributed by atoms with E-state index in [1.54, 1.807) is 0 Å². The molecule has 0 bridgehead atoms. The fourth-order valence-corrected chi connectivity index (χ4v) is 3.34. The normalized spacial score (nSPS) is 30.1. The first-order valence-electron chi connectivity index (χ1n) is 7.09. The average Bonchev–Trinajstić information content (AvgIpc) is 2.91. The fraction of sp³-hybridized carbons (Fsp3) is 0.467. The van der Waals surface area contributed by atoms with Crippen LogP contribution in [0.1, 0.15) is 24.8 Å². The van der Waals surface area contributed by atoms with E-state index in [0.29, 0.717) is 0 Å². The smallest absolute Gasteiger partial charge is 0.235 e. The molecule has 20 heavy (non-hydrogen) atoms. The topological polar surface area (TPSA) is 61.4 Å². The molecule has 2 atom stereocenters. The van der Waals surface area contributed by atoms with E-state index in [1.807, 2.05) is 35.2 Å². The molecule has 3 rings (SSSR count). The molecule has 2 aliphatic rings. The number of rotatable bonds is 3. The molecule has 2 aliphatic heterocycles. The van der Waals surface area contributed by atoms with E-state index < -0.39 is 5.66 Å². The summed E-state index contributed by atoms with van der Waals surface area (Å²) in [5.74, 6) is -0.0229. The monoisotopic (exact) mass is 273 g/mol. The second-order valence-electron chi connectivity index (χ2n) is 5.43. The van der Waals surface area contributed by atoms with Crippen LogP contribution in [0.4, 0.5) is 0 Å². The van der Waals surface area contributed by atoms with Crippen molar-refractivity contribution in [2.45, 2.75) is 31.0 Å². The third-order valence-electron chi connectivity index (χ3n) is 4.27. The predicted molar refractivity (Wildman–Crippen MR) is 74.7 cm³/mol. The molecular weight excluding hydrogens is 254 g/mol. The molecule has 0 radical (unpaired) electrons. The maximum atomic E-state index is 11.8. The lowest BCUT2D eigenvalue weighted by atomic mass is 9.85. The molecule has 1 aromatic carbocycles. The van der Waals surface area contributed by atoms with Gasteiger partial charge in [-0.15, -0.1) is 0 Å². The Bertz CT molecular complexity index is 505. The Morgan fingerprint density at radius 3 is 2.70 bits per heavy atom. The molecular formula is C15H19N3O2. The van der Waals surface area contributed by atoms with Gasteiger partial charge in [-0.1, -0.05) is 30.3 Å². The molecule has 2 unspecified atom stereocenters. The molecule has 106 valence electrons. The van der Waals surface area contributed by atoms with Gasteiger partial charge in [0.15, 0.2) is 0 Å². The third kappa shape index (κ3) is 2.08. The molecule has 0 aromatic heterocycles. The van der Waals surface area contributed by atoms with Gasteiger partial charge in [-0.3, -0.25) is 14.9 Å². The van der Waals surface area contributed by atoms with Crippen molar-refractivity contribution in [3.05, 3.63) is 35.9 Å². The van der Waals surface area contributed by atoms with Crippen molar-refractivity contribution in [3.63, 3.8) is 0 Å². The quantitative estimate of drug-likeness (QED) is 0.792. The van der Waals surface area contributed by atoms with Crippen molar-refractivity contribution in [3.8, 4) is 0 Å². The average molecular weight is 273 g/mol. The highest BCUT2D eigenvalue weighted by molar-refractivity contribution is 5.82. The summed E-state index contributed by atoms with van der Waals surface area (Å²) < 4.78 is 0. The summed E-state index contributed by atoms with van der Waals surface area (Å²) in [6.45, 7) is 1.04. The number of carbonyl (C=O) groups excluding carboxylic acids is 2. The van der Waals surface area contributed by atoms with Crippen molar-refractivity contribution in [1.82, 2.24) is 15.5 Å². The summed E-state index contributed by atoms with van der Waals surface area (Å²) in [4.78, 5) is 25.0. The van der Waals surface area contributed by atoms with Crippen molar-refractivity contribution >= 4 is 12.3 Å². The number of piperidine rings is 1. The molecule has 5 nitrogen and oxygen atoms in total. The van der Waals surface area contributed by atoms with Crippen LogP contribution in [-0.2, 0) is 15.3 Å². The Morgan fingerprint density at radius 2 is 2.05 bits per heavy atom. The number of benzene rings is 1. The first-order chi connectivity index (χ1) is 9.76. The second-order valence-corrected chi connectivity index (χ2v) is 5.43. The zero-order valence-corrected chi connectivity index (χ0v) is 11.3. The number of nitrogens with one attached hydrogen (secondary N) is 2. The molecule has 0 saturated carbocycles. The SMILES string of the molecule is O=CN1CCCCC1C1(c2ccccc2)NCC(=O)N1. The van der Waals surface area contributed by atoms with Crippen LogP contribution >= 0.6 is 0 Å². The molecule has 2 saturated heterocycles. The maximum absolute atomic E-state index is 11.8. The van der Waals surface area contributed by atoms with E-state index in [2.05, 4.69) is 10.6 Å².